The van der Waals surface area contributed by atoms with Crippen molar-refractivity contribution in [2.45, 2.75) is 52.1 Å². The molecule has 0 saturated heterocycles. The summed E-state index contributed by atoms with van der Waals surface area (Å²) >= 11 is 3.41. The maximum atomic E-state index is 12.4. The molecule has 0 saturated carbocycles. The normalized spacial score (nSPS) is 14.5. The molecule has 0 aliphatic rings. The van der Waals surface area contributed by atoms with Crippen molar-refractivity contribution >= 4 is 21.8 Å². The summed E-state index contributed by atoms with van der Waals surface area (Å²) in [5.74, 6) is -0.0998. The van der Waals surface area contributed by atoms with E-state index in [2.05, 4.69) is 21.2 Å². The molecule has 0 aromatic carbocycles. The topological polar surface area (TPSA) is 54.3 Å². The number of carbonyl (C=O) groups is 1. The first-order valence-electron chi connectivity index (χ1n) is 6.63. The molecule has 4 nitrogen and oxygen atoms in total. The number of nitrogens with one attached hydrogen (secondary N) is 1. The van der Waals surface area contributed by atoms with Gasteiger partial charge in [-0.2, -0.15) is 0 Å². The molecule has 1 unspecified atom stereocenters. The molecule has 1 heterocycles. The lowest BCUT2D eigenvalue weighted by atomic mass is 9.94. The molecule has 1 aromatic rings. The summed E-state index contributed by atoms with van der Waals surface area (Å²) in [6.45, 7) is 8.11. The Balaban J connectivity index is 2.94. The van der Waals surface area contributed by atoms with Crippen molar-refractivity contribution in [3.8, 4) is 0 Å². The predicted molar refractivity (Wildman–Crippen MR) is 80.4 cm³/mol. The van der Waals surface area contributed by atoms with E-state index in [-0.39, 0.29) is 24.1 Å². The second-order valence-corrected chi connectivity index (χ2v) is 6.30. The van der Waals surface area contributed by atoms with Gasteiger partial charge in [0.25, 0.3) is 5.91 Å². The van der Waals surface area contributed by atoms with Crippen molar-refractivity contribution in [1.82, 2.24) is 9.88 Å². The van der Waals surface area contributed by atoms with Crippen molar-refractivity contribution in [3.63, 3.8) is 0 Å². The minimum absolute atomic E-state index is 0.0690. The van der Waals surface area contributed by atoms with Gasteiger partial charge in [0.2, 0.25) is 0 Å². The van der Waals surface area contributed by atoms with E-state index in [1.54, 1.807) is 0 Å². The minimum atomic E-state index is -0.371. The Labute approximate surface area is 123 Å². The molecule has 19 heavy (non-hydrogen) atoms. The number of halogens is 1. The summed E-state index contributed by atoms with van der Waals surface area (Å²) in [5, 5.41) is 12.1. The lowest BCUT2D eigenvalue weighted by molar-refractivity contribution is 0.0875. The zero-order valence-electron chi connectivity index (χ0n) is 12.0. The largest absolute Gasteiger partial charge is 0.396 e. The summed E-state index contributed by atoms with van der Waals surface area (Å²) in [6.07, 6.45) is 3.25. The van der Waals surface area contributed by atoms with Crippen molar-refractivity contribution in [2.24, 2.45) is 0 Å². The van der Waals surface area contributed by atoms with Crippen LogP contribution in [0.1, 0.15) is 57.1 Å². The lowest BCUT2D eigenvalue weighted by Crippen LogP contribution is -2.46. The fourth-order valence-corrected chi connectivity index (χ4v) is 2.40. The van der Waals surface area contributed by atoms with Gasteiger partial charge in [0.1, 0.15) is 5.69 Å². The second-order valence-electron chi connectivity index (χ2n) is 5.39. The first kappa shape index (κ1) is 16.2. The highest BCUT2D eigenvalue weighted by atomic mass is 79.9. The van der Waals surface area contributed by atoms with E-state index in [0.29, 0.717) is 12.1 Å². The van der Waals surface area contributed by atoms with Gasteiger partial charge in [-0.05, 0) is 55.6 Å². The molecule has 1 atom stereocenters. The number of hydrogen-bond acceptors (Lipinski definition) is 2. The molecule has 5 heteroatoms. The molecule has 108 valence electrons. The monoisotopic (exact) mass is 330 g/mol. The number of amides is 1. The Morgan fingerprint density at radius 1 is 1.58 bits per heavy atom. The maximum absolute atomic E-state index is 12.4. The van der Waals surface area contributed by atoms with Gasteiger partial charge in [-0.15, -0.1) is 0 Å². The Bertz CT molecular complexity index is 443. The number of carbonyl (C=O) groups excluding carboxylic acids is 1. The Hall–Kier alpha value is -0.810. The smallest absolute Gasteiger partial charge is 0.268 e. The Morgan fingerprint density at radius 2 is 2.21 bits per heavy atom. The number of rotatable bonds is 6. The summed E-state index contributed by atoms with van der Waals surface area (Å²) in [7, 11) is 0. The highest BCUT2D eigenvalue weighted by Gasteiger charge is 2.26. The van der Waals surface area contributed by atoms with Gasteiger partial charge in [0, 0.05) is 28.9 Å². The van der Waals surface area contributed by atoms with Crippen LogP contribution in [0.4, 0.5) is 0 Å². The van der Waals surface area contributed by atoms with Gasteiger partial charge < -0.3 is 15.0 Å². The van der Waals surface area contributed by atoms with E-state index in [1.165, 1.54) is 0 Å². The minimum Gasteiger partial charge on any atom is -0.396 e. The molecule has 0 fully saturated rings. The fourth-order valence-electron chi connectivity index (χ4n) is 1.97. The molecule has 1 rings (SSSR count). The maximum Gasteiger partial charge on any atom is 0.268 e. The van der Waals surface area contributed by atoms with E-state index in [4.69, 9.17) is 5.11 Å². The van der Waals surface area contributed by atoms with Crippen LogP contribution in [0.2, 0.25) is 0 Å². The van der Waals surface area contributed by atoms with E-state index < -0.39 is 0 Å². The van der Waals surface area contributed by atoms with Crippen LogP contribution in [0.5, 0.6) is 0 Å². The molecule has 0 spiro atoms. The average molecular weight is 331 g/mol. The van der Waals surface area contributed by atoms with Crippen LogP contribution >= 0.6 is 15.9 Å². The van der Waals surface area contributed by atoms with Crippen molar-refractivity contribution < 1.29 is 9.90 Å². The zero-order valence-corrected chi connectivity index (χ0v) is 13.6. The zero-order chi connectivity index (χ0) is 14.6. The third-order valence-corrected chi connectivity index (χ3v) is 3.90. The Morgan fingerprint density at radius 3 is 2.68 bits per heavy atom. The van der Waals surface area contributed by atoms with Crippen LogP contribution in [-0.4, -0.2) is 27.7 Å². The van der Waals surface area contributed by atoms with Crippen molar-refractivity contribution in [3.05, 3.63) is 22.4 Å². The number of aromatic nitrogens is 1. The van der Waals surface area contributed by atoms with E-state index in [0.717, 1.165) is 10.9 Å². The van der Waals surface area contributed by atoms with Crippen LogP contribution in [0.3, 0.4) is 0 Å². The van der Waals surface area contributed by atoms with Crippen LogP contribution in [-0.2, 0) is 0 Å². The lowest BCUT2D eigenvalue weighted by Gasteiger charge is -2.29. The van der Waals surface area contributed by atoms with E-state index in [1.807, 2.05) is 44.5 Å². The predicted octanol–water partition coefficient (Wildman–Crippen LogP) is 3.11. The molecular formula is C14H23BrN2O2. The van der Waals surface area contributed by atoms with Crippen molar-refractivity contribution in [2.75, 3.05) is 6.61 Å². The molecule has 1 aromatic heterocycles. The second kappa shape index (κ2) is 6.57. The summed E-state index contributed by atoms with van der Waals surface area (Å²) in [4.78, 5) is 12.4. The van der Waals surface area contributed by atoms with E-state index >= 15 is 0 Å². The number of nitrogens with zero attached hydrogens (tertiary/aromatic N) is 1. The van der Waals surface area contributed by atoms with Crippen LogP contribution < -0.4 is 5.32 Å². The average Bonchev–Trinajstić information content (AvgIpc) is 2.72. The van der Waals surface area contributed by atoms with Gasteiger partial charge in [-0.3, -0.25) is 4.79 Å². The molecule has 2 N–H and O–H groups in total. The van der Waals surface area contributed by atoms with Gasteiger partial charge in [-0.25, -0.2) is 0 Å². The molecule has 0 bridgehead atoms. The standard InChI is InChI=1S/C14H23BrN2O2/c1-5-14(4,6-7-18)16-13(19)12-8-11(15)9-17(12)10(2)3/h8-10,18H,5-7H2,1-4H3,(H,16,19). The first-order valence-corrected chi connectivity index (χ1v) is 7.43. The number of hydrogen-bond donors (Lipinski definition) is 2. The number of aliphatic hydroxyl groups excluding tert-OH is 1. The third-order valence-electron chi connectivity index (χ3n) is 3.46. The quantitative estimate of drug-likeness (QED) is 0.841. The Kier molecular flexibility index (Phi) is 5.62. The first-order chi connectivity index (χ1) is 8.83. The van der Waals surface area contributed by atoms with Gasteiger partial charge >= 0.3 is 0 Å². The third kappa shape index (κ3) is 4.08. The van der Waals surface area contributed by atoms with Gasteiger partial charge in [0.05, 0.1) is 0 Å². The molecule has 0 aliphatic heterocycles. The molecule has 0 radical (unpaired) electrons. The SMILES string of the molecule is CCC(C)(CCO)NC(=O)c1cc(Br)cn1C(C)C. The molecule has 0 aliphatic carbocycles. The highest BCUT2D eigenvalue weighted by molar-refractivity contribution is 9.10. The summed E-state index contributed by atoms with van der Waals surface area (Å²) < 4.78 is 2.83. The van der Waals surface area contributed by atoms with E-state index in [9.17, 15) is 4.79 Å². The van der Waals surface area contributed by atoms with Crippen LogP contribution in [0.25, 0.3) is 0 Å². The summed E-state index contributed by atoms with van der Waals surface area (Å²) in [6, 6.07) is 2.04. The van der Waals surface area contributed by atoms with Gasteiger partial charge in [0.15, 0.2) is 0 Å². The van der Waals surface area contributed by atoms with Gasteiger partial charge in [-0.1, -0.05) is 6.92 Å². The summed E-state index contributed by atoms with van der Waals surface area (Å²) in [5.41, 5.74) is 0.268. The highest BCUT2D eigenvalue weighted by Crippen LogP contribution is 2.21. The molecular weight excluding hydrogens is 308 g/mol. The fraction of sp³-hybridized carbons (Fsp3) is 0.643. The molecule has 1 amide bonds. The van der Waals surface area contributed by atoms with Crippen molar-refractivity contribution in [1.29, 1.82) is 0 Å². The van der Waals surface area contributed by atoms with Crippen LogP contribution in [0.15, 0.2) is 16.7 Å². The number of aliphatic hydroxyl groups is 1. The van der Waals surface area contributed by atoms with Crippen LogP contribution in [0, 0.1) is 0 Å².